The molecule has 0 saturated heterocycles. The smallest absolute Gasteiger partial charge is 0.137 e. The molecule has 0 saturated carbocycles. The second-order valence-electron chi connectivity index (χ2n) is 13.9. The van der Waals surface area contributed by atoms with Crippen molar-refractivity contribution in [2.45, 2.75) is 33.1 Å². The van der Waals surface area contributed by atoms with Gasteiger partial charge in [0.25, 0.3) is 0 Å². The summed E-state index contributed by atoms with van der Waals surface area (Å²) in [6.45, 7) is 8.91. The maximum absolute atomic E-state index is 11.1. The number of phenols is 1. The molecule has 1 aliphatic heterocycles. The fourth-order valence-corrected chi connectivity index (χ4v) is 7.10. The van der Waals surface area contributed by atoms with Crippen molar-refractivity contribution in [3.05, 3.63) is 169 Å². The molecule has 2 heterocycles. The molecule has 1 aliphatic rings. The molecule has 0 spiro atoms. The summed E-state index contributed by atoms with van der Waals surface area (Å²) in [6, 6.07) is 52.8. The summed E-state index contributed by atoms with van der Waals surface area (Å²) < 4.78 is 0. The Kier molecular flexibility index (Phi) is 7.72. The zero-order valence-corrected chi connectivity index (χ0v) is 28.8. The molecule has 4 heteroatoms. The predicted octanol–water partition coefficient (Wildman–Crippen LogP) is 12.6. The van der Waals surface area contributed by atoms with E-state index in [-0.39, 0.29) is 11.2 Å². The van der Waals surface area contributed by atoms with Gasteiger partial charge in [-0.1, -0.05) is 118 Å². The molecule has 0 radical (unpaired) electrons. The highest BCUT2D eigenvalue weighted by Gasteiger charge is 2.29. The number of pyridine rings is 1. The lowest BCUT2D eigenvalue weighted by Crippen LogP contribution is -2.18. The van der Waals surface area contributed by atoms with Gasteiger partial charge in [-0.15, -0.1) is 0 Å². The number of phenolic OH excluding ortho intramolecular Hbond substituents is 1. The van der Waals surface area contributed by atoms with Crippen LogP contribution in [0.1, 0.15) is 31.9 Å². The van der Waals surface area contributed by atoms with Gasteiger partial charge in [0.05, 0.1) is 22.7 Å². The average molecular weight is 650 g/mol. The van der Waals surface area contributed by atoms with Gasteiger partial charge in [-0.25, -0.2) is 4.98 Å². The summed E-state index contributed by atoms with van der Waals surface area (Å²) in [5.41, 5.74) is 13.7. The molecule has 0 aliphatic carbocycles. The van der Waals surface area contributed by atoms with Crippen molar-refractivity contribution in [1.82, 2.24) is 4.98 Å². The minimum absolute atomic E-state index is 0.0232. The van der Waals surface area contributed by atoms with Crippen LogP contribution in [0.25, 0.3) is 33.4 Å². The topological polar surface area (TPSA) is 39.6 Å². The van der Waals surface area contributed by atoms with Crippen LogP contribution < -0.4 is 9.80 Å². The number of anilines is 6. The number of fused-ring (bicyclic) bond motifs is 6. The quantitative estimate of drug-likeness (QED) is 0.207. The van der Waals surface area contributed by atoms with E-state index in [2.05, 4.69) is 165 Å². The van der Waals surface area contributed by atoms with Crippen molar-refractivity contribution >= 4 is 34.3 Å². The van der Waals surface area contributed by atoms with Gasteiger partial charge in [0.1, 0.15) is 11.6 Å². The lowest BCUT2D eigenvalue weighted by Gasteiger charge is -2.35. The maximum atomic E-state index is 11.1. The second-order valence-corrected chi connectivity index (χ2v) is 13.9. The van der Waals surface area contributed by atoms with Gasteiger partial charge in [-0.2, -0.15) is 0 Å². The molecule has 0 unspecified atom stereocenters. The summed E-state index contributed by atoms with van der Waals surface area (Å²) in [5.74, 6) is 0.959. The first-order valence-electron chi connectivity index (χ1n) is 17.1. The van der Waals surface area contributed by atoms with Crippen LogP contribution in [-0.2, 0) is 5.41 Å². The van der Waals surface area contributed by atoms with Crippen molar-refractivity contribution in [3.8, 4) is 39.1 Å². The third kappa shape index (κ3) is 5.49. The molecule has 0 bridgehead atoms. The van der Waals surface area contributed by atoms with E-state index in [1.54, 1.807) is 6.07 Å². The van der Waals surface area contributed by atoms with Crippen LogP contribution in [0.2, 0.25) is 0 Å². The van der Waals surface area contributed by atoms with Gasteiger partial charge in [0.15, 0.2) is 0 Å². The molecule has 1 N–H and O–H groups in total. The maximum Gasteiger partial charge on any atom is 0.137 e. The number of aryl methyl sites for hydroxylation is 1. The van der Waals surface area contributed by atoms with E-state index < -0.39 is 0 Å². The molecule has 8 rings (SSSR count). The van der Waals surface area contributed by atoms with Crippen molar-refractivity contribution in [3.63, 3.8) is 0 Å². The second kappa shape index (κ2) is 12.4. The van der Waals surface area contributed by atoms with E-state index in [1.807, 2.05) is 24.4 Å². The summed E-state index contributed by atoms with van der Waals surface area (Å²) in [7, 11) is 0. The van der Waals surface area contributed by atoms with Crippen LogP contribution in [0.15, 0.2) is 158 Å². The normalized spacial score (nSPS) is 12.4. The van der Waals surface area contributed by atoms with Crippen LogP contribution in [0.5, 0.6) is 5.75 Å². The molecule has 50 heavy (non-hydrogen) atoms. The van der Waals surface area contributed by atoms with Crippen LogP contribution in [-0.4, -0.2) is 10.1 Å². The summed E-state index contributed by atoms with van der Waals surface area (Å²) in [4.78, 5) is 9.73. The van der Waals surface area contributed by atoms with Crippen LogP contribution in [0.4, 0.5) is 34.3 Å². The van der Waals surface area contributed by atoms with Crippen LogP contribution in [0, 0.1) is 6.92 Å². The highest BCUT2D eigenvalue weighted by molar-refractivity contribution is 6.02. The molecule has 0 fully saturated rings. The molecule has 0 atom stereocenters. The van der Waals surface area contributed by atoms with Gasteiger partial charge in [0, 0.05) is 45.8 Å². The van der Waals surface area contributed by atoms with Gasteiger partial charge in [-0.3, -0.25) is 4.90 Å². The van der Waals surface area contributed by atoms with Crippen molar-refractivity contribution in [2.75, 3.05) is 9.80 Å². The Morgan fingerprint density at radius 2 is 1.06 bits per heavy atom. The molecule has 0 amide bonds. The zero-order valence-electron chi connectivity index (χ0n) is 28.8. The van der Waals surface area contributed by atoms with Gasteiger partial charge in [-0.05, 0) is 77.6 Å². The van der Waals surface area contributed by atoms with Crippen LogP contribution in [0.3, 0.4) is 0 Å². The summed E-state index contributed by atoms with van der Waals surface area (Å²) in [6.07, 6.45) is 1.97. The minimum atomic E-state index is -0.0232. The van der Waals surface area contributed by atoms with E-state index in [9.17, 15) is 5.11 Å². The molecule has 4 nitrogen and oxygen atoms in total. The van der Waals surface area contributed by atoms with E-state index in [4.69, 9.17) is 4.98 Å². The average Bonchev–Trinajstić information content (AvgIpc) is 3.13. The standard InChI is InChI=1S/C46H39N3O/c1-31-27-45(47-30-40(31)32-15-6-5-7-16-32)49-43-24-13-10-20-37(43)36-19-8-11-22-41(36)48(34-18-14-17-33(28-34)46(2,3)4)42-23-12-9-21-38(42)39-26-25-35(50)29-44(39)49/h5-30,50H,1-4H3. The number of benzene rings is 6. The third-order valence-corrected chi connectivity index (χ3v) is 9.62. The predicted molar refractivity (Wildman–Crippen MR) is 209 cm³/mol. The Balaban J connectivity index is 1.46. The number of aromatic hydroxyl groups is 1. The SMILES string of the molecule is Cc1cc(N2c3ccccc3-c3ccccc3N(c3cccc(C(C)(C)C)c3)c3ccccc3-c3ccc(O)cc32)ncc1-c1ccccc1. The highest BCUT2D eigenvalue weighted by Crippen LogP contribution is 2.53. The fraction of sp³-hybridized carbons (Fsp3) is 0.109. The van der Waals surface area contributed by atoms with Crippen molar-refractivity contribution in [2.24, 2.45) is 0 Å². The molecule has 6 aromatic carbocycles. The van der Waals surface area contributed by atoms with E-state index >= 15 is 0 Å². The number of rotatable bonds is 3. The molecule has 7 aromatic rings. The Hall–Kier alpha value is -6.13. The number of hydrogen-bond donors (Lipinski definition) is 1. The summed E-state index contributed by atoms with van der Waals surface area (Å²) >= 11 is 0. The number of nitrogens with zero attached hydrogens (tertiary/aromatic N) is 3. The monoisotopic (exact) mass is 649 g/mol. The fourth-order valence-electron chi connectivity index (χ4n) is 7.10. The lowest BCUT2D eigenvalue weighted by atomic mass is 9.86. The van der Waals surface area contributed by atoms with E-state index in [0.29, 0.717) is 0 Å². The lowest BCUT2D eigenvalue weighted by molar-refractivity contribution is 0.475. The van der Waals surface area contributed by atoms with E-state index in [1.165, 1.54) is 5.56 Å². The van der Waals surface area contributed by atoms with Gasteiger partial charge >= 0.3 is 0 Å². The minimum Gasteiger partial charge on any atom is -0.508 e. The Labute approximate surface area is 294 Å². The van der Waals surface area contributed by atoms with Gasteiger partial charge in [0.2, 0.25) is 0 Å². The first-order chi connectivity index (χ1) is 24.3. The Bertz CT molecular complexity index is 2360. The largest absolute Gasteiger partial charge is 0.508 e. The number of hydrogen-bond acceptors (Lipinski definition) is 4. The molecule has 1 aromatic heterocycles. The highest BCUT2D eigenvalue weighted by atomic mass is 16.3. The zero-order chi connectivity index (χ0) is 34.4. The first kappa shape index (κ1) is 31.2. The van der Waals surface area contributed by atoms with Gasteiger partial charge < -0.3 is 10.0 Å². The molecular formula is C46H39N3O. The third-order valence-electron chi connectivity index (χ3n) is 9.62. The molecular weight excluding hydrogens is 611 g/mol. The number of aromatic nitrogens is 1. The molecule has 244 valence electrons. The van der Waals surface area contributed by atoms with Crippen molar-refractivity contribution in [1.29, 1.82) is 0 Å². The Morgan fingerprint density at radius 3 is 1.66 bits per heavy atom. The van der Waals surface area contributed by atoms with E-state index in [0.717, 1.165) is 73.2 Å². The number of para-hydroxylation sites is 3. The Morgan fingerprint density at radius 1 is 0.500 bits per heavy atom. The van der Waals surface area contributed by atoms with Crippen LogP contribution >= 0.6 is 0 Å². The first-order valence-corrected chi connectivity index (χ1v) is 17.1. The summed E-state index contributed by atoms with van der Waals surface area (Å²) in [5, 5.41) is 11.1. The van der Waals surface area contributed by atoms with Crippen molar-refractivity contribution < 1.29 is 5.11 Å².